The number of aliphatic hydroxyl groups is 2. The molecule has 150 valence electrons. The van der Waals surface area contributed by atoms with Crippen molar-refractivity contribution in [3.8, 4) is 0 Å². The molecule has 6 unspecified atom stereocenters. The van der Waals surface area contributed by atoms with E-state index >= 15 is 0 Å². The number of carbonyl (C=O) groups excluding carboxylic acids is 3. The summed E-state index contributed by atoms with van der Waals surface area (Å²) in [4.78, 5) is 46.9. The zero-order valence-corrected chi connectivity index (χ0v) is 15.6. The molecular weight excluding hydrogens is 368 g/mol. The Hall–Kier alpha value is -1.89. The smallest absolute Gasteiger partial charge is 0.328 e. The molecule has 0 aromatic heterocycles. The Morgan fingerprint density at radius 1 is 0.885 bits per heavy atom. The van der Waals surface area contributed by atoms with E-state index in [1.54, 1.807) is 0 Å². The molecule has 8 N–H and O–H groups in total. The first-order valence-corrected chi connectivity index (χ1v) is 8.42. The molecule has 0 bridgehead atoms. The van der Waals surface area contributed by atoms with Gasteiger partial charge in [0.1, 0.15) is 12.1 Å². The van der Waals surface area contributed by atoms with Crippen LogP contribution < -0.4 is 21.7 Å². The van der Waals surface area contributed by atoms with E-state index in [0.29, 0.717) is 0 Å². The first-order chi connectivity index (χ1) is 11.9. The van der Waals surface area contributed by atoms with Crippen LogP contribution in [0.3, 0.4) is 0 Å². The number of aliphatic hydroxyl groups excluding tert-OH is 2. The van der Waals surface area contributed by atoms with Crippen LogP contribution in [-0.2, 0) is 19.2 Å². The van der Waals surface area contributed by atoms with Gasteiger partial charge in [0.2, 0.25) is 17.7 Å². The fourth-order valence-electron chi connectivity index (χ4n) is 1.78. The molecule has 0 rings (SSSR count). The van der Waals surface area contributed by atoms with Gasteiger partial charge in [0, 0.05) is 5.75 Å². The average Bonchev–Trinajstić information content (AvgIpc) is 2.54. The van der Waals surface area contributed by atoms with Crippen molar-refractivity contribution in [2.75, 3.05) is 5.75 Å². The van der Waals surface area contributed by atoms with Gasteiger partial charge in [-0.15, -0.1) is 0 Å². The molecule has 0 aliphatic carbocycles. The van der Waals surface area contributed by atoms with E-state index in [0.717, 1.165) is 0 Å². The van der Waals surface area contributed by atoms with Crippen LogP contribution in [0.15, 0.2) is 0 Å². The normalized spacial score (nSPS) is 17.8. The molecule has 0 aromatic carbocycles. The van der Waals surface area contributed by atoms with Crippen LogP contribution in [0.1, 0.15) is 20.8 Å². The predicted octanol–water partition coefficient (Wildman–Crippen LogP) is -3.44. The maximum Gasteiger partial charge on any atom is 0.328 e. The average molecular weight is 394 g/mol. The molecule has 26 heavy (non-hydrogen) atoms. The Morgan fingerprint density at radius 3 is 1.73 bits per heavy atom. The number of hydrogen-bond donors (Lipinski definition) is 8. The molecule has 0 spiro atoms. The van der Waals surface area contributed by atoms with Gasteiger partial charge in [-0.1, -0.05) is 0 Å². The second-order valence-corrected chi connectivity index (χ2v) is 6.18. The first kappa shape index (κ1) is 24.1. The van der Waals surface area contributed by atoms with Crippen molar-refractivity contribution < 1.29 is 34.5 Å². The van der Waals surface area contributed by atoms with Crippen molar-refractivity contribution in [3.63, 3.8) is 0 Å². The summed E-state index contributed by atoms with van der Waals surface area (Å²) < 4.78 is 0. The Morgan fingerprint density at radius 2 is 1.35 bits per heavy atom. The molecule has 0 aromatic rings. The molecule has 12 heteroatoms. The number of amides is 3. The van der Waals surface area contributed by atoms with Crippen molar-refractivity contribution in [1.82, 2.24) is 16.0 Å². The highest BCUT2D eigenvalue weighted by Gasteiger charge is 2.31. The first-order valence-electron chi connectivity index (χ1n) is 7.78. The van der Waals surface area contributed by atoms with Crippen LogP contribution in [0.5, 0.6) is 0 Å². The van der Waals surface area contributed by atoms with Crippen LogP contribution >= 0.6 is 12.6 Å². The zero-order chi connectivity index (χ0) is 20.6. The lowest BCUT2D eigenvalue weighted by Gasteiger charge is -2.25. The number of nitrogens with two attached hydrogens (primary N) is 1. The van der Waals surface area contributed by atoms with Crippen molar-refractivity contribution in [3.05, 3.63) is 0 Å². The summed E-state index contributed by atoms with van der Waals surface area (Å²) >= 11 is 3.86. The summed E-state index contributed by atoms with van der Waals surface area (Å²) in [6.07, 6.45) is -2.64. The summed E-state index contributed by atoms with van der Waals surface area (Å²) in [5.74, 6) is -3.87. The van der Waals surface area contributed by atoms with Crippen LogP contribution in [0.4, 0.5) is 0 Å². The minimum absolute atomic E-state index is 0.0225. The van der Waals surface area contributed by atoms with Gasteiger partial charge in [0.05, 0.1) is 18.2 Å². The van der Waals surface area contributed by atoms with Gasteiger partial charge in [-0.2, -0.15) is 12.6 Å². The number of carbonyl (C=O) groups is 4. The van der Waals surface area contributed by atoms with Gasteiger partial charge in [0.15, 0.2) is 6.04 Å². The number of thiol groups is 1. The molecule has 6 atom stereocenters. The van der Waals surface area contributed by atoms with Gasteiger partial charge < -0.3 is 37.0 Å². The third-order valence-corrected chi connectivity index (χ3v) is 3.79. The SMILES string of the molecule is CC(NC(=O)C(NC(=O)C(N)CS)C(C)O)C(=O)NC(C(=O)O)C(C)O. The minimum atomic E-state index is -1.55. The third-order valence-electron chi connectivity index (χ3n) is 3.39. The molecule has 3 amide bonds. The molecule has 0 saturated heterocycles. The molecule has 0 aliphatic heterocycles. The van der Waals surface area contributed by atoms with Gasteiger partial charge in [-0.05, 0) is 20.8 Å². The summed E-state index contributed by atoms with van der Waals surface area (Å²) in [6.45, 7) is 3.72. The summed E-state index contributed by atoms with van der Waals surface area (Å²) in [5, 5.41) is 34.5. The lowest BCUT2D eigenvalue weighted by Crippen LogP contribution is -2.60. The number of nitrogens with one attached hydrogen (secondary N) is 3. The topological polar surface area (TPSA) is 191 Å². The number of hydrogen-bond acceptors (Lipinski definition) is 8. The molecule has 0 fully saturated rings. The molecule has 0 radical (unpaired) electrons. The van der Waals surface area contributed by atoms with Gasteiger partial charge in [0.25, 0.3) is 0 Å². The zero-order valence-electron chi connectivity index (χ0n) is 14.7. The maximum absolute atomic E-state index is 12.2. The third kappa shape index (κ3) is 7.56. The van der Waals surface area contributed by atoms with E-state index in [9.17, 15) is 29.4 Å². The van der Waals surface area contributed by atoms with Crippen molar-refractivity contribution in [2.24, 2.45) is 5.73 Å². The summed E-state index contributed by atoms with van der Waals surface area (Å²) in [7, 11) is 0. The molecule has 0 saturated carbocycles. The van der Waals surface area contributed by atoms with Crippen LogP contribution in [0, 0.1) is 0 Å². The number of carboxylic acids is 1. The Labute approximate surface area is 156 Å². The van der Waals surface area contributed by atoms with E-state index < -0.39 is 60.1 Å². The van der Waals surface area contributed by atoms with Crippen LogP contribution in [-0.4, -0.2) is 81.1 Å². The quantitative estimate of drug-likeness (QED) is 0.175. The molecule has 0 heterocycles. The Bertz CT molecular complexity index is 529. The second kappa shape index (κ2) is 11.0. The fourth-order valence-corrected chi connectivity index (χ4v) is 1.95. The van der Waals surface area contributed by atoms with Gasteiger partial charge in [-0.3, -0.25) is 14.4 Å². The van der Waals surface area contributed by atoms with Crippen LogP contribution in [0.25, 0.3) is 0 Å². The number of aliphatic carboxylic acids is 1. The lowest BCUT2D eigenvalue weighted by molar-refractivity contribution is -0.145. The largest absolute Gasteiger partial charge is 0.480 e. The fraction of sp³-hybridized carbons (Fsp3) is 0.714. The molecule has 0 aliphatic rings. The summed E-state index contributed by atoms with van der Waals surface area (Å²) in [5.41, 5.74) is 5.48. The number of carboxylic acid groups (broad SMARTS) is 1. The monoisotopic (exact) mass is 394 g/mol. The van der Waals surface area contributed by atoms with E-state index in [-0.39, 0.29) is 5.75 Å². The lowest BCUT2D eigenvalue weighted by atomic mass is 10.1. The highest BCUT2D eigenvalue weighted by atomic mass is 32.1. The highest BCUT2D eigenvalue weighted by Crippen LogP contribution is 1.99. The maximum atomic E-state index is 12.2. The van der Waals surface area contributed by atoms with Crippen molar-refractivity contribution in [1.29, 1.82) is 0 Å². The predicted molar refractivity (Wildman–Crippen MR) is 94.3 cm³/mol. The van der Waals surface area contributed by atoms with Gasteiger partial charge >= 0.3 is 5.97 Å². The standard InChI is InChI=1S/C14H26N4O7S/c1-5(11(21)18-10(7(3)20)14(24)25)16-13(23)9(6(2)19)17-12(22)8(15)4-26/h5-10,19-20,26H,4,15H2,1-3H3,(H,16,23)(H,17,22)(H,18,21)(H,24,25). The van der Waals surface area contributed by atoms with E-state index in [1.165, 1.54) is 20.8 Å². The molecule has 11 nitrogen and oxygen atoms in total. The van der Waals surface area contributed by atoms with E-state index in [1.807, 2.05) is 0 Å². The van der Waals surface area contributed by atoms with Crippen LogP contribution in [0.2, 0.25) is 0 Å². The van der Waals surface area contributed by atoms with E-state index in [2.05, 4.69) is 28.6 Å². The number of rotatable bonds is 10. The van der Waals surface area contributed by atoms with Crippen molar-refractivity contribution >= 4 is 36.3 Å². The second-order valence-electron chi connectivity index (χ2n) is 5.81. The molecular formula is C14H26N4O7S. The summed E-state index contributed by atoms with van der Waals surface area (Å²) in [6, 6.07) is -5.12. The highest BCUT2D eigenvalue weighted by molar-refractivity contribution is 7.80. The van der Waals surface area contributed by atoms with Gasteiger partial charge in [-0.25, -0.2) is 4.79 Å². The van der Waals surface area contributed by atoms with E-state index in [4.69, 9.17) is 10.8 Å². The Balaban J connectivity index is 4.94. The minimum Gasteiger partial charge on any atom is -0.480 e. The Kier molecular flexibility index (Phi) is 10.2. The van der Waals surface area contributed by atoms with Crippen molar-refractivity contribution in [2.45, 2.75) is 57.1 Å².